The Morgan fingerprint density at radius 3 is 2.61 bits per heavy atom. The van der Waals surface area contributed by atoms with Crippen molar-refractivity contribution in [1.29, 1.82) is 0 Å². The van der Waals surface area contributed by atoms with Gasteiger partial charge in [-0.2, -0.15) is 0 Å². The van der Waals surface area contributed by atoms with Gasteiger partial charge in [0, 0.05) is 12.6 Å². The second-order valence-electron chi connectivity index (χ2n) is 4.66. The Hall–Kier alpha value is -2.54. The molecule has 0 bridgehead atoms. The van der Waals surface area contributed by atoms with E-state index in [0.29, 0.717) is 5.56 Å². The molecule has 0 saturated heterocycles. The summed E-state index contributed by atoms with van der Waals surface area (Å²) in [5, 5.41) is 11.6. The summed E-state index contributed by atoms with van der Waals surface area (Å²) in [6.07, 6.45) is 1.29. The molecule has 0 aliphatic carbocycles. The molecule has 1 aromatic heterocycles. The van der Waals surface area contributed by atoms with Crippen molar-refractivity contribution in [2.24, 2.45) is 0 Å². The highest BCUT2D eigenvalue weighted by atomic mass is 35.5. The first-order chi connectivity index (χ1) is 10.9. The number of rotatable bonds is 5. The van der Waals surface area contributed by atoms with E-state index in [9.17, 15) is 23.5 Å². The fourth-order valence-corrected chi connectivity index (χ4v) is 1.99. The number of hydrogen-bond donors (Lipinski definition) is 2. The van der Waals surface area contributed by atoms with E-state index in [2.05, 4.69) is 10.3 Å². The number of aliphatic carboxylic acids is 1. The minimum Gasteiger partial charge on any atom is -0.480 e. The summed E-state index contributed by atoms with van der Waals surface area (Å²) in [5.74, 6) is -4.85. The Bertz CT molecular complexity index is 738. The van der Waals surface area contributed by atoms with Crippen LogP contribution in [0.5, 0.6) is 0 Å². The lowest BCUT2D eigenvalue weighted by Gasteiger charge is -2.15. The van der Waals surface area contributed by atoms with E-state index in [1.165, 1.54) is 12.3 Å². The number of benzene rings is 1. The predicted molar refractivity (Wildman–Crippen MR) is 78.2 cm³/mol. The van der Waals surface area contributed by atoms with E-state index < -0.39 is 35.1 Å². The van der Waals surface area contributed by atoms with Crippen molar-refractivity contribution in [3.05, 3.63) is 64.4 Å². The van der Waals surface area contributed by atoms with Gasteiger partial charge in [-0.05, 0) is 23.8 Å². The fourth-order valence-electron chi connectivity index (χ4n) is 1.88. The van der Waals surface area contributed by atoms with Crippen LogP contribution in [0.4, 0.5) is 8.78 Å². The number of carboxylic acid groups (broad SMARTS) is 1. The van der Waals surface area contributed by atoms with E-state index >= 15 is 0 Å². The van der Waals surface area contributed by atoms with Gasteiger partial charge in [0.2, 0.25) is 0 Å². The molecule has 2 N–H and O–H groups in total. The fraction of sp³-hybridized carbons (Fsp3) is 0.133. The van der Waals surface area contributed by atoms with Crippen LogP contribution in [-0.2, 0) is 11.2 Å². The van der Waals surface area contributed by atoms with Crippen LogP contribution in [0.1, 0.15) is 15.9 Å². The number of nitrogens with zero attached hydrogens (tertiary/aromatic N) is 1. The molecule has 1 aromatic carbocycles. The number of amides is 1. The molecule has 0 unspecified atom stereocenters. The summed E-state index contributed by atoms with van der Waals surface area (Å²) in [4.78, 5) is 27.0. The smallest absolute Gasteiger partial charge is 0.326 e. The number of hydrogen-bond acceptors (Lipinski definition) is 3. The highest BCUT2D eigenvalue weighted by Gasteiger charge is 2.23. The number of carbonyl (C=O) groups is 2. The zero-order chi connectivity index (χ0) is 17.0. The third-order valence-electron chi connectivity index (χ3n) is 3.03. The van der Waals surface area contributed by atoms with Crippen LogP contribution in [0, 0.1) is 11.6 Å². The number of pyridine rings is 1. The van der Waals surface area contributed by atoms with Crippen LogP contribution in [0.25, 0.3) is 0 Å². The van der Waals surface area contributed by atoms with Gasteiger partial charge in [0.25, 0.3) is 5.91 Å². The molecule has 1 amide bonds. The van der Waals surface area contributed by atoms with Crippen molar-refractivity contribution in [3.8, 4) is 0 Å². The number of carboxylic acids is 1. The zero-order valence-corrected chi connectivity index (χ0v) is 12.3. The van der Waals surface area contributed by atoms with Crippen LogP contribution >= 0.6 is 11.6 Å². The van der Waals surface area contributed by atoms with Gasteiger partial charge in [0.1, 0.15) is 11.2 Å². The van der Waals surface area contributed by atoms with Crippen LogP contribution in [0.2, 0.25) is 5.15 Å². The summed E-state index contributed by atoms with van der Waals surface area (Å²) >= 11 is 5.63. The Labute approximate surface area is 134 Å². The van der Waals surface area contributed by atoms with Gasteiger partial charge < -0.3 is 10.4 Å². The second-order valence-corrected chi connectivity index (χ2v) is 5.05. The lowest BCUT2D eigenvalue weighted by Crippen LogP contribution is -2.42. The molecule has 1 heterocycles. The molecule has 1 atom stereocenters. The van der Waals surface area contributed by atoms with E-state index in [1.54, 1.807) is 6.07 Å². The molecule has 0 aliphatic heterocycles. The normalized spacial score (nSPS) is 11.8. The van der Waals surface area contributed by atoms with Gasteiger partial charge in [-0.3, -0.25) is 4.79 Å². The van der Waals surface area contributed by atoms with Gasteiger partial charge >= 0.3 is 5.97 Å². The SMILES string of the molecule is O=C(N[C@@H](Cc1ccc(Cl)nc1)C(=O)O)c1cccc(F)c1F. The average molecular weight is 341 g/mol. The summed E-state index contributed by atoms with van der Waals surface area (Å²) in [5.41, 5.74) is -0.0488. The maximum absolute atomic E-state index is 13.6. The lowest BCUT2D eigenvalue weighted by atomic mass is 10.1. The maximum atomic E-state index is 13.6. The van der Waals surface area contributed by atoms with Gasteiger partial charge in [0.15, 0.2) is 11.6 Å². The minimum absolute atomic E-state index is 0.0812. The highest BCUT2D eigenvalue weighted by molar-refractivity contribution is 6.29. The standard InChI is InChI=1S/C15H11ClF2N2O3/c16-12-5-4-8(7-19-12)6-11(15(22)23)20-14(21)9-2-1-3-10(17)13(9)18/h1-5,7,11H,6H2,(H,20,21)(H,22,23)/t11-/m0/s1. The van der Waals surface area contributed by atoms with Crippen molar-refractivity contribution in [2.75, 3.05) is 0 Å². The largest absolute Gasteiger partial charge is 0.480 e. The van der Waals surface area contributed by atoms with E-state index in [4.69, 9.17) is 11.6 Å². The molecule has 2 aromatic rings. The molecule has 0 radical (unpaired) electrons. The molecular formula is C15H11ClF2N2O3. The molecule has 0 spiro atoms. The summed E-state index contributed by atoms with van der Waals surface area (Å²) < 4.78 is 26.7. The van der Waals surface area contributed by atoms with Crippen LogP contribution in [0.3, 0.4) is 0 Å². The van der Waals surface area contributed by atoms with Gasteiger partial charge in [0.05, 0.1) is 5.56 Å². The van der Waals surface area contributed by atoms with Crippen molar-refractivity contribution < 1.29 is 23.5 Å². The Kier molecular flexibility index (Phi) is 5.23. The predicted octanol–water partition coefficient (Wildman–Crippen LogP) is 2.44. The summed E-state index contributed by atoms with van der Waals surface area (Å²) in [7, 11) is 0. The second kappa shape index (κ2) is 7.15. The Balaban J connectivity index is 2.16. The van der Waals surface area contributed by atoms with Gasteiger partial charge in [-0.1, -0.05) is 23.7 Å². The first-order valence-corrected chi connectivity index (χ1v) is 6.84. The monoisotopic (exact) mass is 340 g/mol. The molecule has 0 saturated carbocycles. The average Bonchev–Trinajstić information content (AvgIpc) is 2.51. The van der Waals surface area contributed by atoms with E-state index in [-0.39, 0.29) is 11.6 Å². The topological polar surface area (TPSA) is 79.3 Å². The quantitative estimate of drug-likeness (QED) is 0.819. The number of carbonyl (C=O) groups excluding carboxylic acids is 1. The molecule has 120 valence electrons. The summed E-state index contributed by atoms with van der Waals surface area (Å²) in [6.45, 7) is 0. The maximum Gasteiger partial charge on any atom is 0.326 e. The van der Waals surface area contributed by atoms with Crippen molar-refractivity contribution in [3.63, 3.8) is 0 Å². The number of halogens is 3. The van der Waals surface area contributed by atoms with E-state index in [0.717, 1.165) is 18.2 Å². The first-order valence-electron chi connectivity index (χ1n) is 6.46. The zero-order valence-electron chi connectivity index (χ0n) is 11.6. The molecule has 0 fully saturated rings. The van der Waals surface area contributed by atoms with Crippen LogP contribution in [0.15, 0.2) is 36.5 Å². The van der Waals surface area contributed by atoms with Gasteiger partial charge in [-0.25, -0.2) is 18.6 Å². The lowest BCUT2D eigenvalue weighted by molar-refractivity contribution is -0.139. The third-order valence-corrected chi connectivity index (χ3v) is 3.25. The molecule has 2 rings (SSSR count). The Morgan fingerprint density at radius 2 is 2.00 bits per heavy atom. The third kappa shape index (κ3) is 4.23. The molecule has 0 aliphatic rings. The molecule has 8 heteroatoms. The van der Waals surface area contributed by atoms with E-state index in [1.807, 2.05) is 0 Å². The summed E-state index contributed by atoms with van der Waals surface area (Å²) in [6, 6.07) is 4.79. The number of aromatic nitrogens is 1. The molecule has 23 heavy (non-hydrogen) atoms. The Morgan fingerprint density at radius 1 is 1.26 bits per heavy atom. The minimum atomic E-state index is -1.33. The first kappa shape index (κ1) is 16.8. The molecule has 5 nitrogen and oxygen atoms in total. The van der Waals surface area contributed by atoms with Gasteiger partial charge in [-0.15, -0.1) is 0 Å². The molecular weight excluding hydrogens is 330 g/mol. The van der Waals surface area contributed by atoms with Crippen LogP contribution < -0.4 is 5.32 Å². The van der Waals surface area contributed by atoms with Crippen molar-refractivity contribution in [2.45, 2.75) is 12.5 Å². The van der Waals surface area contributed by atoms with Crippen molar-refractivity contribution >= 4 is 23.5 Å². The van der Waals surface area contributed by atoms with Crippen molar-refractivity contribution in [1.82, 2.24) is 10.3 Å². The number of nitrogens with one attached hydrogen (secondary N) is 1. The highest BCUT2D eigenvalue weighted by Crippen LogP contribution is 2.12. The van der Waals surface area contributed by atoms with Crippen LogP contribution in [-0.4, -0.2) is 28.0 Å².